The van der Waals surface area contributed by atoms with Gasteiger partial charge < -0.3 is 10.6 Å². The lowest BCUT2D eigenvalue weighted by Crippen LogP contribution is -2.40. The molecule has 1 aromatic carbocycles. The number of anilines is 1. The number of hydrogen-bond acceptors (Lipinski definition) is 2. The molecule has 0 spiro atoms. The minimum absolute atomic E-state index is 0.0780. The van der Waals surface area contributed by atoms with Gasteiger partial charge in [0.25, 0.3) is 0 Å². The number of Topliss-reactive ketones (excluding diaryl/α,β-unsaturated/α-hetero) is 1. The molecule has 4 nitrogen and oxygen atoms in total. The van der Waals surface area contributed by atoms with E-state index < -0.39 is 17.7 Å². The zero-order chi connectivity index (χ0) is 13.8. The van der Waals surface area contributed by atoms with Crippen LogP contribution in [0.25, 0.3) is 0 Å². The minimum Gasteiger partial charge on any atom is -0.335 e. The van der Waals surface area contributed by atoms with E-state index in [1.807, 2.05) is 0 Å². The molecule has 0 unspecified atom stereocenters. The zero-order valence-electron chi connectivity index (χ0n) is 10.2. The maximum atomic E-state index is 13.3. The van der Waals surface area contributed by atoms with Gasteiger partial charge in [-0.15, -0.1) is 0 Å². The van der Waals surface area contributed by atoms with Crippen molar-refractivity contribution < 1.29 is 18.4 Å². The van der Waals surface area contributed by atoms with Gasteiger partial charge in [-0.1, -0.05) is 0 Å². The topological polar surface area (TPSA) is 58.2 Å². The van der Waals surface area contributed by atoms with Crippen LogP contribution >= 0.6 is 0 Å². The summed E-state index contributed by atoms with van der Waals surface area (Å²) in [5.41, 5.74) is -0.0780. The molecule has 2 rings (SSSR count). The molecule has 0 saturated heterocycles. The normalized spacial score (nSPS) is 16.2. The van der Waals surface area contributed by atoms with Crippen LogP contribution in [0.15, 0.2) is 18.2 Å². The SMILES string of the molecule is O=C1CCC(NC(=O)Nc2ccc(F)cc2F)CC1. The van der Waals surface area contributed by atoms with Crippen LogP contribution in [0.1, 0.15) is 25.7 Å². The second-order valence-electron chi connectivity index (χ2n) is 4.54. The lowest BCUT2D eigenvalue weighted by atomic mass is 9.94. The van der Waals surface area contributed by atoms with E-state index in [2.05, 4.69) is 10.6 Å². The molecular weight excluding hydrogens is 254 g/mol. The maximum absolute atomic E-state index is 13.3. The molecule has 1 aromatic rings. The number of carbonyl (C=O) groups excluding carboxylic acids is 2. The van der Waals surface area contributed by atoms with E-state index in [0.717, 1.165) is 12.1 Å². The average Bonchev–Trinajstić information content (AvgIpc) is 2.36. The van der Waals surface area contributed by atoms with E-state index in [4.69, 9.17) is 0 Å². The molecule has 1 saturated carbocycles. The van der Waals surface area contributed by atoms with E-state index in [-0.39, 0.29) is 17.5 Å². The molecule has 6 heteroatoms. The third-order valence-corrected chi connectivity index (χ3v) is 3.06. The lowest BCUT2D eigenvalue weighted by Gasteiger charge is -2.22. The van der Waals surface area contributed by atoms with Crippen LogP contribution in [0, 0.1) is 11.6 Å². The van der Waals surface area contributed by atoms with Crippen molar-refractivity contribution in [1.29, 1.82) is 0 Å². The Morgan fingerprint density at radius 1 is 1.21 bits per heavy atom. The average molecular weight is 268 g/mol. The molecule has 1 aliphatic carbocycles. The highest BCUT2D eigenvalue weighted by Gasteiger charge is 2.20. The zero-order valence-corrected chi connectivity index (χ0v) is 10.2. The molecule has 0 radical (unpaired) electrons. The first-order chi connectivity index (χ1) is 9.04. The van der Waals surface area contributed by atoms with Gasteiger partial charge in [0.1, 0.15) is 17.4 Å². The summed E-state index contributed by atoms with van der Waals surface area (Å²) < 4.78 is 26.0. The quantitative estimate of drug-likeness (QED) is 0.866. The van der Waals surface area contributed by atoms with Crippen LogP contribution in [0.4, 0.5) is 19.3 Å². The summed E-state index contributed by atoms with van der Waals surface area (Å²) >= 11 is 0. The number of urea groups is 1. The fourth-order valence-corrected chi connectivity index (χ4v) is 2.02. The van der Waals surface area contributed by atoms with Gasteiger partial charge in [-0.2, -0.15) is 0 Å². The molecule has 0 heterocycles. The molecular formula is C13H14F2N2O2. The first-order valence-electron chi connectivity index (χ1n) is 6.09. The highest BCUT2D eigenvalue weighted by atomic mass is 19.1. The first-order valence-corrected chi connectivity index (χ1v) is 6.09. The van der Waals surface area contributed by atoms with Crippen molar-refractivity contribution in [3.63, 3.8) is 0 Å². The lowest BCUT2D eigenvalue weighted by molar-refractivity contribution is -0.120. The Labute approximate surface area is 109 Å². The third-order valence-electron chi connectivity index (χ3n) is 3.06. The summed E-state index contributed by atoms with van der Waals surface area (Å²) in [6, 6.07) is 2.30. The van der Waals surface area contributed by atoms with Gasteiger partial charge in [-0.3, -0.25) is 4.79 Å². The van der Waals surface area contributed by atoms with Gasteiger partial charge in [0.05, 0.1) is 5.69 Å². The number of halogens is 2. The Kier molecular flexibility index (Phi) is 4.09. The molecule has 0 bridgehead atoms. The molecule has 2 amide bonds. The summed E-state index contributed by atoms with van der Waals surface area (Å²) in [6.07, 6.45) is 2.10. The highest BCUT2D eigenvalue weighted by Crippen LogP contribution is 2.17. The summed E-state index contributed by atoms with van der Waals surface area (Å²) in [5, 5.41) is 4.99. The molecule has 0 aliphatic heterocycles. The number of rotatable bonds is 2. The molecule has 0 aromatic heterocycles. The first kappa shape index (κ1) is 13.5. The van der Waals surface area contributed by atoms with E-state index in [1.54, 1.807) is 0 Å². The van der Waals surface area contributed by atoms with Crippen molar-refractivity contribution in [2.75, 3.05) is 5.32 Å². The predicted octanol–water partition coefficient (Wildman–Crippen LogP) is 2.60. The van der Waals surface area contributed by atoms with Gasteiger partial charge in [-0.05, 0) is 25.0 Å². The minimum atomic E-state index is -0.825. The number of carbonyl (C=O) groups is 2. The summed E-state index contributed by atoms with van der Waals surface area (Å²) in [4.78, 5) is 22.7. The number of amides is 2. The molecule has 0 atom stereocenters. The Morgan fingerprint density at radius 3 is 2.53 bits per heavy atom. The second-order valence-corrected chi connectivity index (χ2v) is 4.54. The fraction of sp³-hybridized carbons (Fsp3) is 0.385. The van der Waals surface area contributed by atoms with Gasteiger partial charge >= 0.3 is 6.03 Å². The smallest absolute Gasteiger partial charge is 0.319 e. The molecule has 1 aliphatic rings. The van der Waals surface area contributed by atoms with Crippen LogP contribution in [0.5, 0.6) is 0 Å². The Morgan fingerprint density at radius 2 is 1.89 bits per heavy atom. The van der Waals surface area contributed by atoms with Crippen molar-refractivity contribution in [2.45, 2.75) is 31.7 Å². The van der Waals surface area contributed by atoms with Crippen molar-refractivity contribution in [1.82, 2.24) is 5.32 Å². The van der Waals surface area contributed by atoms with E-state index in [9.17, 15) is 18.4 Å². The number of hydrogen-bond donors (Lipinski definition) is 2. The summed E-state index contributed by atoms with van der Waals surface area (Å²) in [7, 11) is 0. The Balaban J connectivity index is 1.89. The third kappa shape index (κ3) is 3.74. The monoisotopic (exact) mass is 268 g/mol. The molecule has 2 N–H and O–H groups in total. The Hall–Kier alpha value is -1.98. The second kappa shape index (κ2) is 5.77. The van der Waals surface area contributed by atoms with Crippen molar-refractivity contribution in [2.24, 2.45) is 0 Å². The molecule has 19 heavy (non-hydrogen) atoms. The van der Waals surface area contributed by atoms with Crippen LogP contribution in [0.3, 0.4) is 0 Å². The summed E-state index contributed by atoms with van der Waals surface area (Å²) in [6.45, 7) is 0. The van der Waals surface area contributed by atoms with Crippen LogP contribution in [-0.2, 0) is 4.79 Å². The molecule has 1 fully saturated rings. The number of benzene rings is 1. The largest absolute Gasteiger partial charge is 0.335 e. The van der Waals surface area contributed by atoms with Crippen LogP contribution in [0.2, 0.25) is 0 Å². The number of ketones is 1. The van der Waals surface area contributed by atoms with Crippen LogP contribution in [-0.4, -0.2) is 17.9 Å². The number of nitrogens with one attached hydrogen (secondary N) is 2. The highest BCUT2D eigenvalue weighted by molar-refractivity contribution is 5.89. The Bertz CT molecular complexity index is 495. The van der Waals surface area contributed by atoms with Crippen LogP contribution < -0.4 is 10.6 Å². The van der Waals surface area contributed by atoms with E-state index >= 15 is 0 Å². The maximum Gasteiger partial charge on any atom is 0.319 e. The van der Waals surface area contributed by atoms with E-state index in [0.29, 0.717) is 31.7 Å². The van der Waals surface area contributed by atoms with Crippen molar-refractivity contribution >= 4 is 17.5 Å². The van der Waals surface area contributed by atoms with E-state index in [1.165, 1.54) is 0 Å². The molecule has 102 valence electrons. The summed E-state index contributed by atoms with van der Waals surface area (Å²) in [5.74, 6) is -1.33. The van der Waals surface area contributed by atoms with Crippen molar-refractivity contribution in [3.8, 4) is 0 Å². The fourth-order valence-electron chi connectivity index (χ4n) is 2.02. The van der Waals surface area contributed by atoms with Gasteiger partial charge in [0.2, 0.25) is 0 Å². The van der Waals surface area contributed by atoms with Gasteiger partial charge in [-0.25, -0.2) is 13.6 Å². The van der Waals surface area contributed by atoms with Gasteiger partial charge in [0.15, 0.2) is 0 Å². The van der Waals surface area contributed by atoms with Crippen molar-refractivity contribution in [3.05, 3.63) is 29.8 Å². The van der Waals surface area contributed by atoms with Gasteiger partial charge in [0, 0.05) is 24.9 Å². The predicted molar refractivity (Wildman–Crippen MR) is 65.8 cm³/mol. The standard InChI is InChI=1S/C13H14F2N2O2/c14-8-1-6-12(11(15)7-8)17-13(19)16-9-2-4-10(18)5-3-9/h1,6-7,9H,2-5H2,(H2,16,17,19).